The number of unbranched alkanes of at least 4 members (excludes halogenated alkanes) is 2. The van der Waals surface area contributed by atoms with Gasteiger partial charge >= 0.3 is 0 Å². The molecule has 1 heterocycles. The normalized spacial score (nSPS) is 17.1. The van der Waals surface area contributed by atoms with E-state index in [0.29, 0.717) is 31.8 Å². The summed E-state index contributed by atoms with van der Waals surface area (Å²) in [6.07, 6.45) is 7.18. The molecule has 0 aromatic heterocycles. The lowest BCUT2D eigenvalue weighted by atomic mass is 9.97. The molecule has 1 atom stereocenters. The van der Waals surface area contributed by atoms with Crippen LogP contribution in [0.25, 0.3) is 0 Å². The maximum Gasteiger partial charge on any atom is 0.245 e. The highest BCUT2D eigenvalue weighted by Crippen LogP contribution is 2.17. The van der Waals surface area contributed by atoms with E-state index in [2.05, 4.69) is 19.2 Å². The third-order valence-corrected chi connectivity index (χ3v) is 4.91. The zero-order valence-corrected chi connectivity index (χ0v) is 15.7. The summed E-state index contributed by atoms with van der Waals surface area (Å²) in [6.45, 7) is 7.94. The summed E-state index contributed by atoms with van der Waals surface area (Å²) in [4.78, 5) is 26.5. The van der Waals surface area contributed by atoms with Gasteiger partial charge in [-0.1, -0.05) is 40.0 Å². The van der Waals surface area contributed by atoms with Crippen molar-refractivity contribution in [2.24, 2.45) is 11.8 Å². The zero-order chi connectivity index (χ0) is 17.9. The Kier molecular flexibility index (Phi) is 9.99. The minimum atomic E-state index is -0.404. The number of rotatable bonds is 10. The number of amides is 2. The fraction of sp³-hybridized carbons (Fsp3) is 0.895. The summed E-state index contributed by atoms with van der Waals surface area (Å²) in [5, 5.41) is 12.1. The van der Waals surface area contributed by atoms with E-state index in [1.807, 2.05) is 11.8 Å². The molecule has 140 valence electrons. The number of aliphatic hydroxyl groups excluding tert-OH is 1. The van der Waals surface area contributed by atoms with Crippen LogP contribution in [0, 0.1) is 11.8 Å². The van der Waals surface area contributed by atoms with E-state index in [9.17, 15) is 14.7 Å². The van der Waals surface area contributed by atoms with Crippen molar-refractivity contribution < 1.29 is 14.7 Å². The van der Waals surface area contributed by atoms with Gasteiger partial charge in [0, 0.05) is 26.1 Å². The Bertz CT molecular complexity index is 377. The van der Waals surface area contributed by atoms with Gasteiger partial charge in [0.1, 0.15) is 6.04 Å². The fourth-order valence-electron chi connectivity index (χ4n) is 3.18. The first-order valence-corrected chi connectivity index (χ1v) is 9.66. The number of aliphatic hydroxyl groups is 1. The number of carbonyl (C=O) groups excluding carboxylic acids is 2. The van der Waals surface area contributed by atoms with Crippen LogP contribution >= 0.6 is 0 Å². The molecule has 1 aliphatic rings. The smallest absolute Gasteiger partial charge is 0.245 e. The standard InChI is InChI=1S/C19H36N2O3/c1-4-17(19(24)21-12-10-16(14-22)11-13-21)20-18(23)9-7-5-6-8-15(2)3/h15-17,22H,4-14H2,1-3H3,(H,20,23)/t17-/m0/s1. The minimum absolute atomic E-state index is 0.00927. The number of nitrogens with one attached hydrogen (secondary N) is 1. The van der Waals surface area contributed by atoms with E-state index < -0.39 is 6.04 Å². The maximum atomic E-state index is 12.6. The van der Waals surface area contributed by atoms with E-state index >= 15 is 0 Å². The molecule has 1 saturated heterocycles. The van der Waals surface area contributed by atoms with Crippen LogP contribution in [-0.2, 0) is 9.59 Å². The Morgan fingerprint density at radius 1 is 1.17 bits per heavy atom. The number of nitrogens with zero attached hydrogens (tertiary/aromatic N) is 1. The van der Waals surface area contributed by atoms with Gasteiger partial charge in [-0.15, -0.1) is 0 Å². The Hall–Kier alpha value is -1.10. The molecule has 0 aliphatic carbocycles. The molecule has 2 amide bonds. The van der Waals surface area contributed by atoms with Crippen LogP contribution in [0.15, 0.2) is 0 Å². The summed E-state index contributed by atoms with van der Waals surface area (Å²) < 4.78 is 0. The number of hydrogen-bond acceptors (Lipinski definition) is 3. The number of hydrogen-bond donors (Lipinski definition) is 2. The summed E-state index contributed by atoms with van der Waals surface area (Å²) in [5.74, 6) is 1.05. The first kappa shape index (κ1) is 20.9. The van der Waals surface area contributed by atoms with Gasteiger partial charge in [0.25, 0.3) is 0 Å². The van der Waals surface area contributed by atoms with Gasteiger partial charge in [-0.25, -0.2) is 0 Å². The first-order chi connectivity index (χ1) is 11.5. The van der Waals surface area contributed by atoms with Crippen LogP contribution in [0.4, 0.5) is 0 Å². The molecule has 0 bridgehead atoms. The van der Waals surface area contributed by atoms with Crippen LogP contribution in [0.3, 0.4) is 0 Å². The molecule has 1 rings (SSSR count). The highest BCUT2D eigenvalue weighted by molar-refractivity contribution is 5.87. The molecule has 0 saturated carbocycles. The number of piperidine rings is 1. The predicted molar refractivity (Wildman–Crippen MR) is 96.5 cm³/mol. The Labute approximate surface area is 147 Å². The third-order valence-electron chi connectivity index (χ3n) is 4.91. The lowest BCUT2D eigenvalue weighted by Crippen LogP contribution is -2.50. The van der Waals surface area contributed by atoms with Gasteiger partial charge < -0.3 is 15.3 Å². The lowest BCUT2D eigenvalue weighted by molar-refractivity contribution is -0.138. The van der Waals surface area contributed by atoms with Crippen molar-refractivity contribution in [2.75, 3.05) is 19.7 Å². The van der Waals surface area contributed by atoms with Crippen molar-refractivity contribution >= 4 is 11.8 Å². The quantitative estimate of drug-likeness (QED) is 0.601. The van der Waals surface area contributed by atoms with Gasteiger partial charge in [-0.3, -0.25) is 9.59 Å². The lowest BCUT2D eigenvalue weighted by Gasteiger charge is -2.33. The van der Waals surface area contributed by atoms with Gasteiger partial charge in [-0.2, -0.15) is 0 Å². The second-order valence-corrected chi connectivity index (χ2v) is 7.47. The summed E-state index contributed by atoms with van der Waals surface area (Å²) >= 11 is 0. The van der Waals surface area contributed by atoms with Crippen LogP contribution in [-0.4, -0.2) is 47.6 Å². The Morgan fingerprint density at radius 3 is 2.38 bits per heavy atom. The zero-order valence-electron chi connectivity index (χ0n) is 15.7. The average Bonchev–Trinajstić information content (AvgIpc) is 2.58. The van der Waals surface area contributed by atoms with Crippen molar-refractivity contribution in [1.82, 2.24) is 10.2 Å². The second-order valence-electron chi connectivity index (χ2n) is 7.47. The largest absolute Gasteiger partial charge is 0.396 e. The summed E-state index contributed by atoms with van der Waals surface area (Å²) in [7, 11) is 0. The highest BCUT2D eigenvalue weighted by Gasteiger charge is 2.27. The average molecular weight is 341 g/mol. The summed E-state index contributed by atoms with van der Waals surface area (Å²) in [6, 6.07) is -0.404. The highest BCUT2D eigenvalue weighted by atomic mass is 16.3. The predicted octanol–water partition coefficient (Wildman–Crippen LogP) is 2.72. The van der Waals surface area contributed by atoms with Crippen LogP contribution in [0.5, 0.6) is 0 Å². The fourth-order valence-corrected chi connectivity index (χ4v) is 3.18. The van der Waals surface area contributed by atoms with Gasteiger partial charge in [0.15, 0.2) is 0 Å². The van der Waals surface area contributed by atoms with Gasteiger partial charge in [0.2, 0.25) is 11.8 Å². The van der Waals surface area contributed by atoms with E-state index in [-0.39, 0.29) is 18.4 Å². The van der Waals surface area contributed by atoms with Gasteiger partial charge in [0.05, 0.1) is 0 Å². The van der Waals surface area contributed by atoms with E-state index in [1.54, 1.807) is 0 Å². The molecule has 0 aromatic rings. The number of carbonyl (C=O) groups is 2. The molecule has 0 radical (unpaired) electrons. The molecular weight excluding hydrogens is 304 g/mol. The van der Waals surface area contributed by atoms with Crippen molar-refractivity contribution in [3.8, 4) is 0 Å². The monoisotopic (exact) mass is 340 g/mol. The van der Waals surface area contributed by atoms with E-state index in [1.165, 1.54) is 12.8 Å². The molecule has 0 spiro atoms. The minimum Gasteiger partial charge on any atom is -0.396 e. The molecule has 5 nitrogen and oxygen atoms in total. The Morgan fingerprint density at radius 2 is 1.83 bits per heavy atom. The SMILES string of the molecule is CC[C@H](NC(=O)CCCCCC(C)C)C(=O)N1CCC(CO)CC1. The molecule has 0 unspecified atom stereocenters. The van der Waals surface area contributed by atoms with Crippen molar-refractivity contribution in [2.45, 2.75) is 78.2 Å². The molecule has 1 fully saturated rings. The van der Waals surface area contributed by atoms with Gasteiger partial charge in [-0.05, 0) is 37.5 Å². The molecule has 2 N–H and O–H groups in total. The first-order valence-electron chi connectivity index (χ1n) is 9.66. The molecule has 24 heavy (non-hydrogen) atoms. The topological polar surface area (TPSA) is 69.6 Å². The van der Waals surface area contributed by atoms with Crippen LogP contribution < -0.4 is 5.32 Å². The maximum absolute atomic E-state index is 12.6. The van der Waals surface area contributed by atoms with Crippen LogP contribution in [0.2, 0.25) is 0 Å². The molecular formula is C19H36N2O3. The van der Waals surface area contributed by atoms with E-state index in [4.69, 9.17) is 0 Å². The van der Waals surface area contributed by atoms with Crippen molar-refractivity contribution in [1.29, 1.82) is 0 Å². The number of likely N-dealkylation sites (tertiary alicyclic amines) is 1. The van der Waals surface area contributed by atoms with Crippen molar-refractivity contribution in [3.05, 3.63) is 0 Å². The van der Waals surface area contributed by atoms with Crippen LogP contribution in [0.1, 0.15) is 72.1 Å². The van der Waals surface area contributed by atoms with E-state index in [0.717, 1.165) is 31.6 Å². The summed E-state index contributed by atoms with van der Waals surface area (Å²) in [5.41, 5.74) is 0. The van der Waals surface area contributed by atoms with Crippen molar-refractivity contribution in [3.63, 3.8) is 0 Å². The third kappa shape index (κ3) is 7.65. The molecule has 0 aromatic carbocycles. The Balaban J connectivity index is 2.29. The second kappa shape index (κ2) is 11.5. The molecule has 1 aliphatic heterocycles. The molecule has 5 heteroatoms.